The molecule has 0 saturated heterocycles. The molecule has 0 bridgehead atoms. The Morgan fingerprint density at radius 2 is 2.00 bits per heavy atom. The topological polar surface area (TPSA) is 61.0 Å². The van der Waals surface area contributed by atoms with Gasteiger partial charge in [-0.2, -0.15) is 5.10 Å². The van der Waals surface area contributed by atoms with Crippen molar-refractivity contribution in [2.45, 2.75) is 25.7 Å². The van der Waals surface area contributed by atoms with Crippen LogP contribution in [0.25, 0.3) is 11.3 Å². The Labute approximate surface area is 138 Å². The molecule has 0 aliphatic rings. The molecule has 0 atom stereocenters. The molecule has 0 unspecified atom stereocenters. The molecule has 0 saturated carbocycles. The maximum absolute atomic E-state index is 11.6. The molecule has 5 nitrogen and oxygen atoms in total. The summed E-state index contributed by atoms with van der Waals surface area (Å²) in [5.74, 6) is 0.147. The number of likely N-dealkylation sites (N-methyl/N-ethyl adjacent to an activating group) is 2. The quantitative estimate of drug-likeness (QED) is 0.699. The minimum atomic E-state index is 0.147. The van der Waals surface area contributed by atoms with Crippen LogP contribution in [0.1, 0.15) is 25.0 Å². The summed E-state index contributed by atoms with van der Waals surface area (Å²) in [5, 5.41) is 10.4. The maximum Gasteiger partial charge on any atom is 0.236 e. The van der Waals surface area contributed by atoms with Crippen molar-refractivity contribution in [3.8, 4) is 11.3 Å². The van der Waals surface area contributed by atoms with Crippen LogP contribution >= 0.6 is 0 Å². The third kappa shape index (κ3) is 5.53. The van der Waals surface area contributed by atoms with Gasteiger partial charge in [-0.25, -0.2) is 0 Å². The molecular formula is C18H26N4O. The van der Waals surface area contributed by atoms with Crippen molar-refractivity contribution in [1.29, 1.82) is 0 Å². The van der Waals surface area contributed by atoms with Crippen molar-refractivity contribution < 1.29 is 4.79 Å². The molecule has 23 heavy (non-hydrogen) atoms. The SMILES string of the molecule is CNCC(=O)N(C)CCCCCc1cc(-c2ccccc2)n[nH]1. The predicted molar refractivity (Wildman–Crippen MR) is 93.1 cm³/mol. The summed E-state index contributed by atoms with van der Waals surface area (Å²) in [6.07, 6.45) is 4.24. The van der Waals surface area contributed by atoms with Crippen LogP contribution in [-0.2, 0) is 11.2 Å². The summed E-state index contributed by atoms with van der Waals surface area (Å²) in [6.45, 7) is 1.23. The highest BCUT2D eigenvalue weighted by molar-refractivity contribution is 5.77. The number of hydrogen-bond donors (Lipinski definition) is 2. The van der Waals surface area contributed by atoms with Gasteiger partial charge in [0.1, 0.15) is 0 Å². The Balaban J connectivity index is 1.67. The standard InChI is InChI=1S/C18H26N4O/c1-19-14-18(23)22(2)12-8-4-7-11-16-13-17(21-20-16)15-9-5-3-6-10-15/h3,5-6,9-10,13,19H,4,7-8,11-12,14H2,1-2H3,(H,20,21). The van der Waals surface area contributed by atoms with Crippen LogP contribution in [-0.4, -0.2) is 48.2 Å². The molecule has 0 fully saturated rings. The van der Waals surface area contributed by atoms with Crippen molar-refractivity contribution in [1.82, 2.24) is 20.4 Å². The molecule has 1 aromatic carbocycles. The molecule has 1 heterocycles. The first-order valence-electron chi connectivity index (χ1n) is 8.19. The number of aryl methyl sites for hydroxylation is 1. The second kappa shape index (κ2) is 9.10. The second-order valence-corrected chi connectivity index (χ2v) is 5.80. The number of unbranched alkanes of at least 4 members (excludes halogenated alkanes) is 2. The minimum Gasteiger partial charge on any atom is -0.345 e. The molecular weight excluding hydrogens is 288 g/mol. The zero-order chi connectivity index (χ0) is 16.5. The normalized spacial score (nSPS) is 10.7. The van der Waals surface area contributed by atoms with Crippen molar-refractivity contribution in [3.63, 3.8) is 0 Å². The number of aromatic nitrogens is 2. The fraction of sp³-hybridized carbons (Fsp3) is 0.444. The number of hydrogen-bond acceptors (Lipinski definition) is 3. The van der Waals surface area contributed by atoms with E-state index < -0.39 is 0 Å². The van der Waals surface area contributed by atoms with Gasteiger partial charge in [-0.05, 0) is 32.4 Å². The van der Waals surface area contributed by atoms with E-state index in [1.807, 2.05) is 25.2 Å². The number of carbonyl (C=O) groups excluding carboxylic acids is 1. The first-order chi connectivity index (χ1) is 11.2. The third-order valence-corrected chi connectivity index (χ3v) is 3.89. The minimum absolute atomic E-state index is 0.147. The molecule has 1 amide bonds. The van der Waals surface area contributed by atoms with Gasteiger partial charge in [0.25, 0.3) is 0 Å². The molecule has 0 aliphatic heterocycles. The van der Waals surface area contributed by atoms with Gasteiger partial charge in [0.2, 0.25) is 5.91 Å². The highest BCUT2D eigenvalue weighted by atomic mass is 16.2. The lowest BCUT2D eigenvalue weighted by molar-refractivity contribution is -0.128. The van der Waals surface area contributed by atoms with Gasteiger partial charge in [-0.15, -0.1) is 0 Å². The monoisotopic (exact) mass is 314 g/mol. The van der Waals surface area contributed by atoms with Crippen LogP contribution in [0.5, 0.6) is 0 Å². The number of amides is 1. The average Bonchev–Trinajstić information content (AvgIpc) is 3.04. The van der Waals surface area contributed by atoms with Gasteiger partial charge in [0.05, 0.1) is 12.2 Å². The fourth-order valence-electron chi connectivity index (χ4n) is 2.50. The number of aromatic amines is 1. The number of H-pyrrole nitrogens is 1. The van der Waals surface area contributed by atoms with Crippen molar-refractivity contribution in [2.24, 2.45) is 0 Å². The Kier molecular flexibility index (Phi) is 6.81. The summed E-state index contributed by atoms with van der Waals surface area (Å²) in [5.41, 5.74) is 3.31. The van der Waals surface area contributed by atoms with Crippen molar-refractivity contribution in [3.05, 3.63) is 42.1 Å². The van der Waals surface area contributed by atoms with Crippen LogP contribution < -0.4 is 5.32 Å². The number of benzene rings is 1. The number of carbonyl (C=O) groups is 1. The number of rotatable bonds is 9. The molecule has 2 aromatic rings. The van der Waals surface area contributed by atoms with E-state index in [1.54, 1.807) is 11.9 Å². The molecule has 5 heteroatoms. The van der Waals surface area contributed by atoms with Gasteiger partial charge in [-0.3, -0.25) is 9.89 Å². The van der Waals surface area contributed by atoms with E-state index in [4.69, 9.17) is 0 Å². The van der Waals surface area contributed by atoms with E-state index >= 15 is 0 Å². The van der Waals surface area contributed by atoms with Crippen LogP contribution in [0.3, 0.4) is 0 Å². The smallest absolute Gasteiger partial charge is 0.236 e. The first kappa shape index (κ1) is 17.2. The molecule has 0 radical (unpaired) electrons. The van der Waals surface area contributed by atoms with E-state index in [9.17, 15) is 4.79 Å². The van der Waals surface area contributed by atoms with Crippen LogP contribution in [0.4, 0.5) is 0 Å². The van der Waals surface area contributed by atoms with Crippen molar-refractivity contribution >= 4 is 5.91 Å². The van der Waals surface area contributed by atoms with Crippen LogP contribution in [0.2, 0.25) is 0 Å². The van der Waals surface area contributed by atoms with E-state index in [0.717, 1.165) is 43.5 Å². The summed E-state index contributed by atoms with van der Waals surface area (Å²) < 4.78 is 0. The third-order valence-electron chi connectivity index (χ3n) is 3.89. The lowest BCUT2D eigenvalue weighted by Crippen LogP contribution is -2.34. The number of nitrogens with one attached hydrogen (secondary N) is 2. The van der Waals surface area contributed by atoms with Gasteiger partial charge >= 0.3 is 0 Å². The maximum atomic E-state index is 11.6. The lowest BCUT2D eigenvalue weighted by Gasteiger charge is -2.16. The molecule has 2 rings (SSSR count). The predicted octanol–water partition coefficient (Wildman–Crippen LogP) is 2.47. The molecule has 0 aliphatic carbocycles. The highest BCUT2D eigenvalue weighted by Crippen LogP contribution is 2.17. The Bertz CT molecular complexity index is 594. The first-order valence-corrected chi connectivity index (χ1v) is 8.19. The van der Waals surface area contributed by atoms with E-state index in [-0.39, 0.29) is 5.91 Å². The summed E-state index contributed by atoms with van der Waals surface area (Å²) in [7, 11) is 3.65. The summed E-state index contributed by atoms with van der Waals surface area (Å²) in [4.78, 5) is 13.4. The molecule has 0 spiro atoms. The van der Waals surface area contributed by atoms with Gasteiger partial charge in [0.15, 0.2) is 0 Å². The van der Waals surface area contributed by atoms with E-state index in [0.29, 0.717) is 6.54 Å². The van der Waals surface area contributed by atoms with Crippen LogP contribution in [0, 0.1) is 0 Å². The van der Waals surface area contributed by atoms with Gasteiger partial charge < -0.3 is 10.2 Å². The Hall–Kier alpha value is -2.14. The second-order valence-electron chi connectivity index (χ2n) is 5.80. The van der Waals surface area contributed by atoms with Crippen LogP contribution in [0.15, 0.2) is 36.4 Å². The fourth-order valence-corrected chi connectivity index (χ4v) is 2.50. The molecule has 1 aromatic heterocycles. The Morgan fingerprint density at radius 1 is 1.22 bits per heavy atom. The summed E-state index contributed by atoms with van der Waals surface area (Å²) >= 11 is 0. The zero-order valence-electron chi connectivity index (χ0n) is 14.0. The molecule has 2 N–H and O–H groups in total. The lowest BCUT2D eigenvalue weighted by atomic mass is 10.1. The zero-order valence-corrected chi connectivity index (χ0v) is 14.0. The summed E-state index contributed by atoms with van der Waals surface area (Å²) in [6, 6.07) is 12.3. The highest BCUT2D eigenvalue weighted by Gasteiger charge is 2.07. The number of nitrogens with zero attached hydrogens (tertiary/aromatic N) is 2. The van der Waals surface area contributed by atoms with Crippen molar-refractivity contribution in [2.75, 3.05) is 27.2 Å². The Morgan fingerprint density at radius 3 is 2.74 bits per heavy atom. The van der Waals surface area contributed by atoms with Gasteiger partial charge in [-0.1, -0.05) is 36.8 Å². The largest absolute Gasteiger partial charge is 0.345 e. The van der Waals surface area contributed by atoms with Gasteiger partial charge in [0, 0.05) is 24.8 Å². The average molecular weight is 314 g/mol. The van der Waals surface area contributed by atoms with E-state index in [1.165, 1.54) is 5.69 Å². The molecule has 124 valence electrons. The van der Waals surface area contributed by atoms with E-state index in [2.05, 4.69) is 33.7 Å².